The van der Waals surface area contributed by atoms with Crippen molar-refractivity contribution >= 4 is 11.6 Å². The van der Waals surface area contributed by atoms with Crippen molar-refractivity contribution in [3.8, 4) is 0 Å². The normalized spacial score (nSPS) is 25.9. The summed E-state index contributed by atoms with van der Waals surface area (Å²) >= 11 is 6.48. The third kappa shape index (κ3) is 4.02. The van der Waals surface area contributed by atoms with Crippen molar-refractivity contribution in [2.75, 3.05) is 0 Å². The van der Waals surface area contributed by atoms with Gasteiger partial charge in [-0.25, -0.2) is 0 Å². The second-order valence-electron chi connectivity index (χ2n) is 5.75. The van der Waals surface area contributed by atoms with Gasteiger partial charge < -0.3 is 0 Å². The standard InChI is InChI=1S/C17H25Cl/c1-2-14-8-10-15(11-9-14)12-13-17(18)16-6-4-3-5-7-16/h3-7,14-15,17H,2,8-13H2,1H3. The van der Waals surface area contributed by atoms with E-state index in [0.29, 0.717) is 0 Å². The number of alkyl halides is 1. The Morgan fingerprint density at radius 3 is 2.28 bits per heavy atom. The van der Waals surface area contributed by atoms with Crippen molar-refractivity contribution in [3.63, 3.8) is 0 Å². The molecule has 100 valence electrons. The van der Waals surface area contributed by atoms with Gasteiger partial charge in [-0.3, -0.25) is 0 Å². The minimum absolute atomic E-state index is 0.204. The molecule has 1 aliphatic carbocycles. The predicted octanol–water partition coefficient (Wildman–Crippen LogP) is 5.96. The molecule has 1 unspecified atom stereocenters. The summed E-state index contributed by atoms with van der Waals surface area (Å²) in [4.78, 5) is 0. The van der Waals surface area contributed by atoms with Gasteiger partial charge in [0.15, 0.2) is 0 Å². The zero-order chi connectivity index (χ0) is 12.8. The molecule has 1 fully saturated rings. The molecule has 18 heavy (non-hydrogen) atoms. The van der Waals surface area contributed by atoms with E-state index in [1.54, 1.807) is 0 Å². The molecule has 2 rings (SSSR count). The minimum Gasteiger partial charge on any atom is -0.118 e. The van der Waals surface area contributed by atoms with Gasteiger partial charge in [-0.05, 0) is 30.2 Å². The van der Waals surface area contributed by atoms with Gasteiger partial charge in [-0.15, -0.1) is 11.6 Å². The first-order valence-corrected chi connectivity index (χ1v) is 7.92. The van der Waals surface area contributed by atoms with Crippen molar-refractivity contribution in [1.29, 1.82) is 0 Å². The molecule has 0 radical (unpaired) electrons. The van der Waals surface area contributed by atoms with Gasteiger partial charge in [0, 0.05) is 0 Å². The molecule has 0 aliphatic heterocycles. The molecule has 0 spiro atoms. The Bertz CT molecular complexity index is 325. The summed E-state index contributed by atoms with van der Waals surface area (Å²) < 4.78 is 0. The molecular weight excluding hydrogens is 240 g/mol. The van der Waals surface area contributed by atoms with Crippen molar-refractivity contribution in [1.82, 2.24) is 0 Å². The lowest BCUT2D eigenvalue weighted by atomic mass is 9.79. The van der Waals surface area contributed by atoms with E-state index in [1.807, 2.05) is 0 Å². The summed E-state index contributed by atoms with van der Waals surface area (Å²) in [6, 6.07) is 10.5. The molecule has 0 amide bonds. The maximum Gasteiger partial charge on any atom is 0.0585 e. The van der Waals surface area contributed by atoms with Crippen molar-refractivity contribution < 1.29 is 0 Å². The SMILES string of the molecule is CCC1CCC(CCC(Cl)c2ccccc2)CC1. The summed E-state index contributed by atoms with van der Waals surface area (Å²) in [7, 11) is 0. The molecule has 0 aromatic heterocycles. The largest absolute Gasteiger partial charge is 0.118 e. The maximum absolute atomic E-state index is 6.48. The van der Waals surface area contributed by atoms with E-state index in [2.05, 4.69) is 37.3 Å². The Hall–Kier alpha value is -0.490. The zero-order valence-electron chi connectivity index (χ0n) is 11.4. The number of rotatable bonds is 5. The second kappa shape index (κ2) is 7.19. The summed E-state index contributed by atoms with van der Waals surface area (Å²) in [5.41, 5.74) is 1.28. The first-order chi connectivity index (χ1) is 8.79. The van der Waals surface area contributed by atoms with Gasteiger partial charge in [-0.1, -0.05) is 69.4 Å². The molecule has 0 saturated heterocycles. The van der Waals surface area contributed by atoms with E-state index in [0.717, 1.165) is 18.3 Å². The number of halogens is 1. The van der Waals surface area contributed by atoms with E-state index in [9.17, 15) is 0 Å². The maximum atomic E-state index is 6.48. The van der Waals surface area contributed by atoms with Crippen molar-refractivity contribution in [3.05, 3.63) is 35.9 Å². The smallest absolute Gasteiger partial charge is 0.0585 e. The van der Waals surface area contributed by atoms with E-state index in [-0.39, 0.29) is 5.38 Å². The van der Waals surface area contributed by atoms with E-state index in [4.69, 9.17) is 11.6 Å². The Labute approximate surface area is 117 Å². The van der Waals surface area contributed by atoms with Crippen LogP contribution < -0.4 is 0 Å². The lowest BCUT2D eigenvalue weighted by molar-refractivity contribution is 0.255. The molecule has 1 atom stereocenters. The van der Waals surface area contributed by atoms with Crippen LogP contribution in [-0.4, -0.2) is 0 Å². The number of benzene rings is 1. The van der Waals surface area contributed by atoms with E-state index >= 15 is 0 Å². The highest BCUT2D eigenvalue weighted by molar-refractivity contribution is 6.20. The van der Waals surface area contributed by atoms with Crippen LogP contribution in [0.5, 0.6) is 0 Å². The fourth-order valence-corrected chi connectivity index (χ4v) is 3.41. The predicted molar refractivity (Wildman–Crippen MR) is 80.0 cm³/mol. The molecule has 0 nitrogen and oxygen atoms in total. The quantitative estimate of drug-likeness (QED) is 0.575. The molecule has 1 heteroatoms. The average molecular weight is 265 g/mol. The van der Waals surface area contributed by atoms with Crippen molar-refractivity contribution in [2.45, 2.75) is 57.2 Å². The fraction of sp³-hybridized carbons (Fsp3) is 0.647. The zero-order valence-corrected chi connectivity index (χ0v) is 12.2. The second-order valence-corrected chi connectivity index (χ2v) is 6.28. The topological polar surface area (TPSA) is 0 Å². The molecule has 1 saturated carbocycles. The average Bonchev–Trinajstić information content (AvgIpc) is 2.46. The van der Waals surface area contributed by atoms with Crippen LogP contribution in [0.2, 0.25) is 0 Å². The number of hydrogen-bond acceptors (Lipinski definition) is 0. The van der Waals surface area contributed by atoms with Gasteiger partial charge >= 0.3 is 0 Å². The highest BCUT2D eigenvalue weighted by atomic mass is 35.5. The highest BCUT2D eigenvalue weighted by Gasteiger charge is 2.20. The van der Waals surface area contributed by atoms with Gasteiger partial charge in [0.25, 0.3) is 0 Å². The monoisotopic (exact) mass is 264 g/mol. The molecular formula is C17H25Cl. The first-order valence-electron chi connectivity index (χ1n) is 7.48. The Kier molecular flexibility index (Phi) is 5.56. The molecule has 1 aromatic rings. The fourth-order valence-electron chi connectivity index (χ4n) is 3.14. The molecule has 0 bridgehead atoms. The van der Waals surface area contributed by atoms with Gasteiger partial charge in [0.05, 0.1) is 5.38 Å². The van der Waals surface area contributed by atoms with Crippen LogP contribution in [0.1, 0.15) is 62.8 Å². The summed E-state index contributed by atoms with van der Waals surface area (Å²) in [5.74, 6) is 1.93. The van der Waals surface area contributed by atoms with Crippen LogP contribution >= 0.6 is 11.6 Å². The van der Waals surface area contributed by atoms with Crippen LogP contribution in [0.15, 0.2) is 30.3 Å². The van der Waals surface area contributed by atoms with Gasteiger partial charge in [-0.2, -0.15) is 0 Å². The Balaban J connectivity index is 1.72. The molecule has 1 aliphatic rings. The van der Waals surface area contributed by atoms with Crippen LogP contribution in [0.4, 0.5) is 0 Å². The Morgan fingerprint density at radius 2 is 1.67 bits per heavy atom. The van der Waals surface area contributed by atoms with Crippen molar-refractivity contribution in [2.24, 2.45) is 11.8 Å². The minimum atomic E-state index is 0.204. The molecule has 0 N–H and O–H groups in total. The van der Waals surface area contributed by atoms with Gasteiger partial charge in [0.1, 0.15) is 0 Å². The van der Waals surface area contributed by atoms with E-state index < -0.39 is 0 Å². The lowest BCUT2D eigenvalue weighted by Gasteiger charge is -2.28. The third-order valence-electron chi connectivity index (χ3n) is 4.53. The summed E-state index contributed by atoms with van der Waals surface area (Å²) in [6.45, 7) is 2.33. The van der Waals surface area contributed by atoms with Crippen LogP contribution in [-0.2, 0) is 0 Å². The van der Waals surface area contributed by atoms with Crippen LogP contribution in [0.3, 0.4) is 0 Å². The van der Waals surface area contributed by atoms with Gasteiger partial charge in [0.2, 0.25) is 0 Å². The summed E-state index contributed by atoms with van der Waals surface area (Å²) in [5, 5.41) is 0.204. The molecule has 1 aromatic carbocycles. The van der Waals surface area contributed by atoms with Crippen LogP contribution in [0, 0.1) is 11.8 Å². The highest BCUT2D eigenvalue weighted by Crippen LogP contribution is 2.35. The third-order valence-corrected chi connectivity index (χ3v) is 5.00. The number of hydrogen-bond donors (Lipinski definition) is 0. The molecule has 0 heterocycles. The summed E-state index contributed by atoms with van der Waals surface area (Å²) in [6.07, 6.45) is 9.55. The van der Waals surface area contributed by atoms with Crippen LogP contribution in [0.25, 0.3) is 0 Å². The first kappa shape index (κ1) is 13.9. The van der Waals surface area contributed by atoms with E-state index in [1.165, 1.54) is 44.1 Å². The Morgan fingerprint density at radius 1 is 1.06 bits per heavy atom. The lowest BCUT2D eigenvalue weighted by Crippen LogP contribution is -2.14.